The Morgan fingerprint density at radius 2 is 2.06 bits per heavy atom. The molecule has 3 aromatic rings. The van der Waals surface area contributed by atoms with E-state index in [9.17, 15) is 9.59 Å². The molecular weight excluding hydrogens is 456 g/mol. The molecule has 0 unspecified atom stereocenters. The molecule has 9 heteroatoms. The maximum Gasteiger partial charge on any atom is 0.266 e. The quantitative estimate of drug-likeness (QED) is 0.571. The van der Waals surface area contributed by atoms with E-state index in [1.54, 1.807) is 24.3 Å². The first-order valence-corrected chi connectivity index (χ1v) is 11.3. The maximum atomic E-state index is 13.1. The van der Waals surface area contributed by atoms with Crippen LogP contribution in [0.25, 0.3) is 11.1 Å². The number of fused-ring (bicyclic) bond motifs is 2. The van der Waals surface area contributed by atoms with Gasteiger partial charge in [0.25, 0.3) is 5.91 Å². The molecule has 0 bridgehead atoms. The Bertz CT molecular complexity index is 1280. The molecule has 34 heavy (non-hydrogen) atoms. The van der Waals surface area contributed by atoms with Crippen LogP contribution in [0, 0.1) is 6.92 Å². The van der Waals surface area contributed by atoms with Crippen LogP contribution in [0.2, 0.25) is 5.02 Å². The Morgan fingerprint density at radius 3 is 2.85 bits per heavy atom. The summed E-state index contributed by atoms with van der Waals surface area (Å²) in [6.45, 7) is 2.69. The molecule has 0 saturated carbocycles. The average Bonchev–Trinajstić information content (AvgIpc) is 2.84. The summed E-state index contributed by atoms with van der Waals surface area (Å²) in [6.07, 6.45) is 2.30. The minimum Gasteiger partial charge on any atom is -0.481 e. The van der Waals surface area contributed by atoms with Crippen molar-refractivity contribution < 1.29 is 19.1 Å². The summed E-state index contributed by atoms with van der Waals surface area (Å²) >= 11 is 6.21. The normalized spacial score (nSPS) is 14.9. The van der Waals surface area contributed by atoms with Crippen molar-refractivity contribution >= 4 is 29.2 Å². The Kier molecular flexibility index (Phi) is 5.83. The van der Waals surface area contributed by atoms with Gasteiger partial charge >= 0.3 is 0 Å². The van der Waals surface area contributed by atoms with Crippen LogP contribution < -0.4 is 14.4 Å². The molecule has 8 nitrogen and oxygen atoms in total. The highest BCUT2D eigenvalue weighted by molar-refractivity contribution is 6.31. The maximum absolute atomic E-state index is 13.1. The second-order valence-electron chi connectivity index (χ2n) is 8.36. The molecule has 0 atom stereocenters. The van der Waals surface area contributed by atoms with Crippen molar-refractivity contribution in [1.82, 2.24) is 14.9 Å². The topological polar surface area (TPSA) is 84.9 Å². The Balaban J connectivity index is 1.35. The SMILES string of the molecule is COc1ccc2c(n1)CCN(C(=O)CN1C(=O)COc3cc(-c4cc(C)cc(Cl)c4)cnc31)C2. The zero-order valence-corrected chi connectivity index (χ0v) is 19.6. The van der Waals surface area contributed by atoms with E-state index in [0.717, 1.165) is 27.9 Å². The number of hydrogen-bond acceptors (Lipinski definition) is 6. The largest absolute Gasteiger partial charge is 0.481 e. The van der Waals surface area contributed by atoms with Gasteiger partial charge in [-0.25, -0.2) is 9.97 Å². The highest BCUT2D eigenvalue weighted by Gasteiger charge is 2.31. The molecule has 2 aliphatic heterocycles. The van der Waals surface area contributed by atoms with Gasteiger partial charge in [-0.15, -0.1) is 0 Å². The van der Waals surface area contributed by atoms with E-state index < -0.39 is 0 Å². The number of pyridine rings is 2. The van der Waals surface area contributed by atoms with Gasteiger partial charge in [0.1, 0.15) is 6.54 Å². The third kappa shape index (κ3) is 4.28. The fourth-order valence-electron chi connectivity index (χ4n) is 4.26. The number of halogens is 1. The smallest absolute Gasteiger partial charge is 0.266 e. The van der Waals surface area contributed by atoms with Crippen LogP contribution >= 0.6 is 11.6 Å². The molecule has 0 spiro atoms. The van der Waals surface area contributed by atoms with Crippen LogP contribution in [-0.4, -0.2) is 53.5 Å². The van der Waals surface area contributed by atoms with Gasteiger partial charge in [-0.1, -0.05) is 23.7 Å². The van der Waals surface area contributed by atoms with Crippen molar-refractivity contribution in [2.75, 3.05) is 31.7 Å². The first-order chi connectivity index (χ1) is 16.4. The molecule has 0 saturated heterocycles. The molecule has 0 fully saturated rings. The summed E-state index contributed by atoms with van der Waals surface area (Å²) in [7, 11) is 1.58. The van der Waals surface area contributed by atoms with Crippen molar-refractivity contribution in [3.05, 3.63) is 64.4 Å². The number of aryl methyl sites for hydroxylation is 1. The standard InChI is InChI=1S/C25H23ClN4O4/c1-15-7-17(9-19(26)8-15)18-10-21-25(27-11-18)30(24(32)14-34-21)13-23(31)29-6-5-20-16(12-29)3-4-22(28-20)33-2/h3-4,7-11H,5-6,12-14H2,1-2H3. The van der Waals surface area contributed by atoms with Crippen molar-refractivity contribution in [2.24, 2.45) is 0 Å². The van der Waals surface area contributed by atoms with Gasteiger partial charge in [0.2, 0.25) is 11.8 Å². The first-order valence-electron chi connectivity index (χ1n) is 10.9. The van der Waals surface area contributed by atoms with Crippen LogP contribution in [0.1, 0.15) is 16.8 Å². The Labute approximate surface area is 202 Å². The predicted octanol–water partition coefficient (Wildman–Crippen LogP) is 3.42. The van der Waals surface area contributed by atoms with E-state index in [2.05, 4.69) is 9.97 Å². The molecule has 0 N–H and O–H groups in total. The minimum absolute atomic E-state index is 0.100. The van der Waals surface area contributed by atoms with Gasteiger partial charge in [0.05, 0.1) is 12.8 Å². The van der Waals surface area contributed by atoms with Crippen molar-refractivity contribution in [2.45, 2.75) is 19.9 Å². The van der Waals surface area contributed by atoms with Crippen LogP contribution in [0.15, 0.2) is 42.6 Å². The van der Waals surface area contributed by atoms with E-state index in [0.29, 0.717) is 42.0 Å². The van der Waals surface area contributed by atoms with Crippen LogP contribution in [0.5, 0.6) is 11.6 Å². The molecule has 0 aliphatic carbocycles. The van der Waals surface area contributed by atoms with E-state index in [1.165, 1.54) is 4.90 Å². The summed E-state index contributed by atoms with van der Waals surface area (Å²) in [6, 6.07) is 11.3. The fourth-order valence-corrected chi connectivity index (χ4v) is 4.55. The molecule has 5 rings (SSSR count). The van der Waals surface area contributed by atoms with E-state index >= 15 is 0 Å². The minimum atomic E-state index is -0.302. The molecule has 2 aromatic heterocycles. The zero-order valence-electron chi connectivity index (χ0n) is 18.9. The van der Waals surface area contributed by atoms with Gasteiger partial charge < -0.3 is 14.4 Å². The number of ether oxygens (including phenoxy) is 2. The number of benzene rings is 1. The van der Waals surface area contributed by atoms with Gasteiger partial charge in [-0.3, -0.25) is 14.5 Å². The molecular formula is C25H23ClN4O4. The molecule has 1 aromatic carbocycles. The summed E-state index contributed by atoms with van der Waals surface area (Å²) in [5, 5.41) is 0.632. The zero-order chi connectivity index (χ0) is 23.8. The van der Waals surface area contributed by atoms with Crippen molar-refractivity contribution in [3.63, 3.8) is 0 Å². The van der Waals surface area contributed by atoms with Crippen LogP contribution in [-0.2, 0) is 22.6 Å². The van der Waals surface area contributed by atoms with Gasteiger partial charge in [-0.05, 0) is 41.8 Å². The molecule has 174 valence electrons. The third-order valence-electron chi connectivity index (χ3n) is 5.99. The number of anilines is 1. The Morgan fingerprint density at radius 1 is 1.21 bits per heavy atom. The number of carbonyl (C=O) groups excluding carboxylic acids is 2. The van der Waals surface area contributed by atoms with Crippen LogP contribution in [0.3, 0.4) is 0 Å². The van der Waals surface area contributed by atoms with Gasteiger partial charge in [-0.2, -0.15) is 0 Å². The number of nitrogens with zero attached hydrogens (tertiary/aromatic N) is 4. The van der Waals surface area contributed by atoms with Gasteiger partial charge in [0, 0.05) is 42.4 Å². The second-order valence-corrected chi connectivity index (χ2v) is 8.79. The van der Waals surface area contributed by atoms with Gasteiger partial charge in [0.15, 0.2) is 18.2 Å². The number of carbonyl (C=O) groups is 2. The highest BCUT2D eigenvalue weighted by Crippen LogP contribution is 2.35. The second kappa shape index (κ2) is 8.95. The van der Waals surface area contributed by atoms with Crippen molar-refractivity contribution in [3.8, 4) is 22.8 Å². The fraction of sp³-hybridized carbons (Fsp3) is 0.280. The van der Waals surface area contributed by atoms with Crippen molar-refractivity contribution in [1.29, 1.82) is 0 Å². The van der Waals surface area contributed by atoms with E-state index in [4.69, 9.17) is 21.1 Å². The first kappa shape index (κ1) is 22.2. The molecule has 0 radical (unpaired) electrons. The lowest BCUT2D eigenvalue weighted by Crippen LogP contribution is -2.48. The third-order valence-corrected chi connectivity index (χ3v) is 6.21. The average molecular weight is 479 g/mol. The summed E-state index contributed by atoms with van der Waals surface area (Å²) in [5.41, 5.74) is 4.66. The molecule has 2 amide bonds. The summed E-state index contributed by atoms with van der Waals surface area (Å²) in [5.74, 6) is 0.911. The number of amides is 2. The molecule has 2 aliphatic rings. The predicted molar refractivity (Wildman–Crippen MR) is 127 cm³/mol. The summed E-state index contributed by atoms with van der Waals surface area (Å²) in [4.78, 5) is 37.8. The van der Waals surface area contributed by atoms with E-state index in [1.807, 2.05) is 37.3 Å². The Hall–Kier alpha value is -3.65. The highest BCUT2D eigenvalue weighted by atomic mass is 35.5. The lowest BCUT2D eigenvalue weighted by Gasteiger charge is -2.32. The number of methoxy groups -OCH3 is 1. The number of aromatic nitrogens is 2. The monoisotopic (exact) mass is 478 g/mol. The number of rotatable bonds is 4. The molecule has 4 heterocycles. The van der Waals surface area contributed by atoms with Crippen LogP contribution in [0.4, 0.5) is 5.82 Å². The lowest BCUT2D eigenvalue weighted by molar-refractivity contribution is -0.132. The number of hydrogen-bond donors (Lipinski definition) is 0. The van der Waals surface area contributed by atoms with E-state index in [-0.39, 0.29) is 25.0 Å². The summed E-state index contributed by atoms with van der Waals surface area (Å²) < 4.78 is 10.8. The lowest BCUT2D eigenvalue weighted by atomic mass is 10.0.